The number of piperazine rings is 1. The second kappa shape index (κ2) is 7.91. The molecule has 148 valence electrons. The van der Waals surface area contributed by atoms with E-state index >= 15 is 0 Å². The van der Waals surface area contributed by atoms with Crippen molar-refractivity contribution in [1.82, 2.24) is 9.80 Å². The number of hydrogen-bond acceptors (Lipinski definition) is 3. The van der Waals surface area contributed by atoms with Crippen molar-refractivity contribution in [2.24, 2.45) is 11.3 Å². The number of amides is 2. The largest absolute Gasteiger partial charge is 0.368 e. The molecule has 1 atom stereocenters. The van der Waals surface area contributed by atoms with Gasteiger partial charge in [-0.2, -0.15) is 0 Å². The molecule has 27 heavy (non-hydrogen) atoms. The third-order valence-corrected chi connectivity index (χ3v) is 5.63. The Hall–Kier alpha value is -2.04. The van der Waals surface area contributed by atoms with Crippen molar-refractivity contribution < 1.29 is 9.59 Å². The standard InChI is InChI=1S/C22H33N3O2/c1-17-6-5-11-25(16-17)20(26)18-7-9-19(10-8-18)23-12-14-24(15-13-23)21(27)22(2,3)4/h7-10,17H,5-6,11-16H2,1-4H3. The first-order chi connectivity index (χ1) is 12.8. The van der Waals surface area contributed by atoms with Crippen LogP contribution in [0.1, 0.15) is 50.9 Å². The smallest absolute Gasteiger partial charge is 0.253 e. The van der Waals surface area contributed by atoms with Crippen LogP contribution in [0.4, 0.5) is 5.69 Å². The van der Waals surface area contributed by atoms with Crippen molar-refractivity contribution >= 4 is 17.5 Å². The van der Waals surface area contributed by atoms with Gasteiger partial charge in [0.15, 0.2) is 0 Å². The van der Waals surface area contributed by atoms with Crippen LogP contribution in [-0.2, 0) is 4.79 Å². The third-order valence-electron chi connectivity index (χ3n) is 5.63. The summed E-state index contributed by atoms with van der Waals surface area (Å²) in [6.07, 6.45) is 2.31. The summed E-state index contributed by atoms with van der Waals surface area (Å²) in [5.41, 5.74) is 1.58. The molecule has 1 aromatic rings. The van der Waals surface area contributed by atoms with Crippen molar-refractivity contribution in [3.8, 4) is 0 Å². The maximum absolute atomic E-state index is 12.7. The molecular weight excluding hydrogens is 338 g/mol. The van der Waals surface area contributed by atoms with Crippen molar-refractivity contribution in [1.29, 1.82) is 0 Å². The average Bonchev–Trinajstić information content (AvgIpc) is 2.66. The minimum Gasteiger partial charge on any atom is -0.368 e. The van der Waals surface area contributed by atoms with Crippen LogP contribution in [0.5, 0.6) is 0 Å². The van der Waals surface area contributed by atoms with E-state index in [-0.39, 0.29) is 17.2 Å². The zero-order valence-electron chi connectivity index (χ0n) is 17.2. The first-order valence-corrected chi connectivity index (χ1v) is 10.2. The Morgan fingerprint density at radius 3 is 2.11 bits per heavy atom. The minimum absolute atomic E-state index is 0.147. The molecule has 5 heteroatoms. The van der Waals surface area contributed by atoms with Gasteiger partial charge in [-0.25, -0.2) is 0 Å². The summed E-state index contributed by atoms with van der Waals surface area (Å²) in [5.74, 6) is 0.960. The first kappa shape index (κ1) is 19.7. The molecule has 2 aliphatic rings. The maximum Gasteiger partial charge on any atom is 0.253 e. The van der Waals surface area contributed by atoms with Gasteiger partial charge in [-0.05, 0) is 43.0 Å². The lowest BCUT2D eigenvalue weighted by Crippen LogP contribution is -2.51. The SMILES string of the molecule is CC1CCCN(C(=O)c2ccc(N3CCN(C(=O)C(C)(C)C)CC3)cc2)C1. The molecule has 2 aliphatic heterocycles. The average molecular weight is 372 g/mol. The van der Waals surface area contributed by atoms with Crippen LogP contribution in [0.25, 0.3) is 0 Å². The van der Waals surface area contributed by atoms with Crippen LogP contribution in [0.15, 0.2) is 24.3 Å². The molecule has 0 radical (unpaired) electrons. The van der Waals surface area contributed by atoms with Gasteiger partial charge in [0, 0.05) is 55.9 Å². The van der Waals surface area contributed by atoms with Crippen LogP contribution in [0.2, 0.25) is 0 Å². The molecule has 0 saturated carbocycles. The molecule has 0 N–H and O–H groups in total. The summed E-state index contributed by atoms with van der Waals surface area (Å²) in [4.78, 5) is 31.4. The van der Waals surface area contributed by atoms with Crippen LogP contribution in [0.3, 0.4) is 0 Å². The van der Waals surface area contributed by atoms with Gasteiger partial charge in [0.05, 0.1) is 0 Å². The minimum atomic E-state index is -0.323. The summed E-state index contributed by atoms with van der Waals surface area (Å²) in [5, 5.41) is 0. The summed E-state index contributed by atoms with van der Waals surface area (Å²) in [6, 6.07) is 7.98. The fraction of sp³-hybridized carbons (Fsp3) is 0.636. The first-order valence-electron chi connectivity index (χ1n) is 10.2. The number of carbonyl (C=O) groups is 2. The Morgan fingerprint density at radius 2 is 1.56 bits per heavy atom. The molecule has 1 unspecified atom stereocenters. The fourth-order valence-corrected chi connectivity index (χ4v) is 4.01. The molecule has 0 aliphatic carbocycles. The summed E-state index contributed by atoms with van der Waals surface area (Å²) >= 11 is 0. The Balaban J connectivity index is 1.58. The molecule has 2 saturated heterocycles. The zero-order chi connectivity index (χ0) is 19.6. The van der Waals surface area contributed by atoms with E-state index in [0.717, 1.165) is 56.9 Å². The Labute approximate surface area is 163 Å². The quantitative estimate of drug-likeness (QED) is 0.801. The van der Waals surface area contributed by atoms with E-state index in [1.807, 2.05) is 54.8 Å². The number of likely N-dealkylation sites (tertiary alicyclic amines) is 1. The van der Waals surface area contributed by atoms with E-state index in [1.54, 1.807) is 0 Å². The Morgan fingerprint density at radius 1 is 0.926 bits per heavy atom. The van der Waals surface area contributed by atoms with Gasteiger partial charge in [0.25, 0.3) is 5.91 Å². The van der Waals surface area contributed by atoms with Gasteiger partial charge in [-0.1, -0.05) is 27.7 Å². The van der Waals surface area contributed by atoms with E-state index < -0.39 is 0 Å². The van der Waals surface area contributed by atoms with E-state index in [4.69, 9.17) is 0 Å². The van der Waals surface area contributed by atoms with E-state index in [2.05, 4.69) is 11.8 Å². The summed E-state index contributed by atoms with van der Waals surface area (Å²) in [6.45, 7) is 13.0. The molecular formula is C22H33N3O2. The van der Waals surface area contributed by atoms with Crippen LogP contribution in [0, 0.1) is 11.3 Å². The summed E-state index contributed by atoms with van der Waals surface area (Å²) < 4.78 is 0. The molecule has 3 rings (SSSR count). The molecule has 2 amide bonds. The lowest BCUT2D eigenvalue weighted by atomic mass is 9.94. The van der Waals surface area contributed by atoms with E-state index in [0.29, 0.717) is 5.92 Å². The lowest BCUT2D eigenvalue weighted by Gasteiger charge is -2.38. The Kier molecular flexibility index (Phi) is 5.78. The van der Waals surface area contributed by atoms with E-state index in [1.165, 1.54) is 6.42 Å². The van der Waals surface area contributed by atoms with Gasteiger partial charge < -0.3 is 14.7 Å². The predicted molar refractivity (Wildman–Crippen MR) is 109 cm³/mol. The van der Waals surface area contributed by atoms with Gasteiger partial charge >= 0.3 is 0 Å². The van der Waals surface area contributed by atoms with Crippen LogP contribution in [-0.4, -0.2) is 60.9 Å². The highest BCUT2D eigenvalue weighted by molar-refractivity contribution is 5.94. The van der Waals surface area contributed by atoms with Crippen LogP contribution >= 0.6 is 0 Å². The van der Waals surface area contributed by atoms with Gasteiger partial charge in [0.2, 0.25) is 5.91 Å². The fourth-order valence-electron chi connectivity index (χ4n) is 4.01. The monoisotopic (exact) mass is 371 g/mol. The normalized spacial score (nSPS) is 21.3. The molecule has 1 aromatic carbocycles. The molecule has 0 aromatic heterocycles. The highest BCUT2D eigenvalue weighted by Gasteiger charge is 2.30. The van der Waals surface area contributed by atoms with E-state index in [9.17, 15) is 9.59 Å². The number of carbonyl (C=O) groups excluding carboxylic acids is 2. The van der Waals surface area contributed by atoms with Crippen molar-refractivity contribution in [2.45, 2.75) is 40.5 Å². The number of nitrogens with zero attached hydrogens (tertiary/aromatic N) is 3. The number of piperidine rings is 1. The molecule has 5 nitrogen and oxygen atoms in total. The van der Waals surface area contributed by atoms with Gasteiger partial charge in [-0.3, -0.25) is 9.59 Å². The number of rotatable bonds is 2. The van der Waals surface area contributed by atoms with Gasteiger partial charge in [-0.15, -0.1) is 0 Å². The highest BCUT2D eigenvalue weighted by atomic mass is 16.2. The molecule has 2 heterocycles. The maximum atomic E-state index is 12.7. The van der Waals surface area contributed by atoms with Crippen molar-refractivity contribution in [2.75, 3.05) is 44.2 Å². The Bertz CT molecular complexity index is 670. The number of benzene rings is 1. The number of hydrogen-bond donors (Lipinski definition) is 0. The van der Waals surface area contributed by atoms with Crippen LogP contribution < -0.4 is 4.90 Å². The second-order valence-corrected chi connectivity index (χ2v) is 9.07. The molecule has 0 spiro atoms. The summed E-state index contributed by atoms with van der Waals surface area (Å²) in [7, 11) is 0. The zero-order valence-corrected chi connectivity index (χ0v) is 17.2. The molecule has 0 bridgehead atoms. The third kappa shape index (κ3) is 4.63. The van der Waals surface area contributed by atoms with Gasteiger partial charge in [0.1, 0.15) is 0 Å². The second-order valence-electron chi connectivity index (χ2n) is 9.07. The molecule has 2 fully saturated rings. The lowest BCUT2D eigenvalue weighted by molar-refractivity contribution is -0.139. The highest BCUT2D eigenvalue weighted by Crippen LogP contribution is 2.23. The topological polar surface area (TPSA) is 43.9 Å². The predicted octanol–water partition coefficient (Wildman–Crippen LogP) is 3.25. The van der Waals surface area contributed by atoms with Crippen molar-refractivity contribution in [3.05, 3.63) is 29.8 Å². The number of anilines is 1. The van der Waals surface area contributed by atoms with Crippen molar-refractivity contribution in [3.63, 3.8) is 0 Å².